The van der Waals surface area contributed by atoms with Crippen molar-refractivity contribution >= 4 is 57.9 Å². The highest BCUT2D eigenvalue weighted by Gasteiger charge is 2.35. The zero-order valence-corrected chi connectivity index (χ0v) is 21.1. The fraction of sp³-hybridized carbons (Fsp3) is 0.120. The Morgan fingerprint density at radius 2 is 1.75 bits per heavy atom. The molecule has 4 rings (SSSR count). The molecule has 0 unspecified atom stereocenters. The summed E-state index contributed by atoms with van der Waals surface area (Å²) in [5.41, 5.74) is 1.72. The van der Waals surface area contributed by atoms with Gasteiger partial charge in [0.2, 0.25) is 0 Å². The number of nitro groups is 1. The summed E-state index contributed by atoms with van der Waals surface area (Å²) in [5, 5.41) is 11.3. The molecule has 3 aromatic rings. The first kappa shape index (κ1) is 25.6. The number of carbonyl (C=O) groups is 2. The van der Waals surface area contributed by atoms with E-state index in [0.29, 0.717) is 38.2 Å². The van der Waals surface area contributed by atoms with Crippen LogP contribution in [0, 0.1) is 10.1 Å². The van der Waals surface area contributed by atoms with E-state index in [-0.39, 0.29) is 23.7 Å². The fourth-order valence-corrected chi connectivity index (χ4v) is 4.80. The lowest BCUT2D eigenvalue weighted by Gasteiger charge is -2.14. The Bertz CT molecular complexity index is 1370. The first-order valence-electron chi connectivity index (χ1n) is 10.5. The van der Waals surface area contributed by atoms with E-state index < -0.39 is 16.1 Å². The van der Waals surface area contributed by atoms with Crippen molar-refractivity contribution in [3.63, 3.8) is 0 Å². The van der Waals surface area contributed by atoms with Gasteiger partial charge in [0.25, 0.3) is 16.8 Å². The molecule has 11 heteroatoms. The number of halogens is 2. The quantitative estimate of drug-likeness (QED) is 0.176. The fourth-order valence-electron chi connectivity index (χ4n) is 3.44. The van der Waals surface area contributed by atoms with Gasteiger partial charge in [-0.3, -0.25) is 24.6 Å². The van der Waals surface area contributed by atoms with Crippen LogP contribution >= 0.6 is 35.0 Å². The Kier molecular flexibility index (Phi) is 7.83. The Labute approximate surface area is 220 Å². The molecule has 1 heterocycles. The zero-order valence-electron chi connectivity index (χ0n) is 18.8. The minimum absolute atomic E-state index is 0.0239. The average Bonchev–Trinajstić information content (AvgIpc) is 3.12. The molecule has 0 aliphatic carbocycles. The maximum Gasteiger partial charge on any atom is 0.293 e. The van der Waals surface area contributed by atoms with E-state index in [2.05, 4.69) is 0 Å². The predicted octanol–water partition coefficient (Wildman–Crippen LogP) is 6.73. The van der Waals surface area contributed by atoms with E-state index in [1.54, 1.807) is 54.6 Å². The maximum atomic E-state index is 12.9. The van der Waals surface area contributed by atoms with Crippen LogP contribution in [0.4, 0.5) is 10.5 Å². The van der Waals surface area contributed by atoms with Crippen molar-refractivity contribution in [1.82, 2.24) is 4.90 Å². The van der Waals surface area contributed by atoms with Crippen molar-refractivity contribution in [3.05, 3.63) is 102 Å². The second-order valence-corrected chi connectivity index (χ2v) is 9.40. The molecule has 1 aliphatic heterocycles. The van der Waals surface area contributed by atoms with E-state index in [4.69, 9.17) is 32.7 Å². The molecule has 0 bridgehead atoms. The summed E-state index contributed by atoms with van der Waals surface area (Å²) in [5.74, 6) is 0.366. The molecule has 184 valence electrons. The van der Waals surface area contributed by atoms with Crippen LogP contribution in [0.2, 0.25) is 10.0 Å². The number of rotatable bonds is 8. The third-order valence-electron chi connectivity index (χ3n) is 5.25. The number of imide groups is 1. The Hall–Kier alpha value is -3.53. The van der Waals surface area contributed by atoms with Crippen molar-refractivity contribution in [1.29, 1.82) is 0 Å². The highest BCUT2D eigenvalue weighted by molar-refractivity contribution is 8.18. The first-order chi connectivity index (χ1) is 17.3. The van der Waals surface area contributed by atoms with Crippen molar-refractivity contribution < 1.29 is 24.0 Å². The highest BCUT2D eigenvalue weighted by Crippen LogP contribution is 2.37. The van der Waals surface area contributed by atoms with Crippen LogP contribution in [-0.2, 0) is 17.9 Å². The average molecular weight is 545 g/mol. The topological polar surface area (TPSA) is 99.0 Å². The number of nitrogens with zero attached hydrogens (tertiary/aromatic N) is 2. The minimum Gasteiger partial charge on any atom is -0.493 e. The number of thioether (sulfide) groups is 1. The van der Waals surface area contributed by atoms with E-state index >= 15 is 0 Å². The maximum absolute atomic E-state index is 12.9. The van der Waals surface area contributed by atoms with Gasteiger partial charge < -0.3 is 9.47 Å². The smallest absolute Gasteiger partial charge is 0.293 e. The monoisotopic (exact) mass is 544 g/mol. The summed E-state index contributed by atoms with van der Waals surface area (Å²) < 4.78 is 11.2. The van der Waals surface area contributed by atoms with Crippen LogP contribution in [-0.4, -0.2) is 28.1 Å². The molecule has 8 nitrogen and oxygen atoms in total. The molecule has 2 amide bonds. The number of amides is 2. The molecule has 0 atom stereocenters. The van der Waals surface area contributed by atoms with Crippen molar-refractivity contribution in [2.75, 3.05) is 7.11 Å². The van der Waals surface area contributed by atoms with Gasteiger partial charge in [0.1, 0.15) is 6.61 Å². The second-order valence-electron chi connectivity index (χ2n) is 7.59. The largest absolute Gasteiger partial charge is 0.493 e. The molecular formula is C25H18Cl2N2O6S. The van der Waals surface area contributed by atoms with Crippen LogP contribution in [0.5, 0.6) is 11.5 Å². The molecule has 0 radical (unpaired) electrons. The second kappa shape index (κ2) is 11.0. The minimum atomic E-state index is -0.469. The van der Waals surface area contributed by atoms with E-state index in [0.717, 1.165) is 16.7 Å². The number of carbonyl (C=O) groups excluding carboxylic acids is 2. The van der Waals surface area contributed by atoms with Crippen LogP contribution in [0.15, 0.2) is 65.6 Å². The van der Waals surface area contributed by atoms with Gasteiger partial charge in [-0.1, -0.05) is 47.5 Å². The van der Waals surface area contributed by atoms with Gasteiger partial charge >= 0.3 is 0 Å². The lowest BCUT2D eigenvalue weighted by molar-refractivity contribution is -0.384. The third-order valence-corrected chi connectivity index (χ3v) is 6.87. The summed E-state index contributed by atoms with van der Waals surface area (Å²) >= 11 is 13.2. The van der Waals surface area contributed by atoms with Gasteiger partial charge in [0, 0.05) is 27.7 Å². The summed E-state index contributed by atoms with van der Waals surface area (Å²) in [4.78, 5) is 37.3. The number of benzene rings is 3. The molecule has 1 fully saturated rings. The number of non-ortho nitro benzene ring substituents is 1. The molecular weight excluding hydrogens is 527 g/mol. The standard InChI is InChI=1S/C25H18Cl2N2O6S/c1-34-22-11-15(8-9-21(22)35-14-16-4-2-5-17(10-16)29(32)33)12-23-24(30)28(25(31)36-23)13-18-19(26)6-3-7-20(18)27/h2-12H,13-14H2,1H3/b23-12-. The van der Waals surface area contributed by atoms with Gasteiger partial charge in [-0.15, -0.1) is 0 Å². The summed E-state index contributed by atoms with van der Waals surface area (Å²) in [7, 11) is 1.47. The number of methoxy groups -OCH3 is 1. The molecule has 1 saturated heterocycles. The highest BCUT2D eigenvalue weighted by atomic mass is 35.5. The Morgan fingerprint density at radius 3 is 2.44 bits per heavy atom. The Balaban J connectivity index is 1.50. The van der Waals surface area contributed by atoms with Gasteiger partial charge in [0.15, 0.2) is 11.5 Å². The molecule has 0 aromatic heterocycles. The molecule has 36 heavy (non-hydrogen) atoms. The van der Waals surface area contributed by atoms with Crippen LogP contribution in [0.3, 0.4) is 0 Å². The van der Waals surface area contributed by atoms with Crippen LogP contribution < -0.4 is 9.47 Å². The summed E-state index contributed by atoms with van der Waals surface area (Å²) in [6, 6.07) is 16.2. The molecule has 0 N–H and O–H groups in total. The Morgan fingerprint density at radius 1 is 1.03 bits per heavy atom. The zero-order chi connectivity index (χ0) is 25.8. The van der Waals surface area contributed by atoms with E-state index in [9.17, 15) is 19.7 Å². The van der Waals surface area contributed by atoms with Gasteiger partial charge in [-0.25, -0.2) is 0 Å². The molecule has 0 saturated carbocycles. The van der Waals surface area contributed by atoms with Crippen LogP contribution in [0.25, 0.3) is 6.08 Å². The van der Waals surface area contributed by atoms with E-state index in [1.165, 1.54) is 19.2 Å². The number of ether oxygens (including phenoxy) is 2. The van der Waals surface area contributed by atoms with Gasteiger partial charge in [-0.2, -0.15) is 0 Å². The molecule has 1 aliphatic rings. The van der Waals surface area contributed by atoms with Crippen molar-refractivity contribution in [3.8, 4) is 11.5 Å². The summed E-state index contributed by atoms with van der Waals surface area (Å²) in [6.07, 6.45) is 1.59. The summed E-state index contributed by atoms with van der Waals surface area (Å²) in [6.45, 7) is 0.0646. The lowest BCUT2D eigenvalue weighted by Crippen LogP contribution is -2.27. The number of hydrogen-bond donors (Lipinski definition) is 0. The third kappa shape index (κ3) is 5.64. The SMILES string of the molecule is COc1cc(/C=C2\SC(=O)N(Cc3c(Cl)cccc3Cl)C2=O)ccc1OCc1cccc([N+](=O)[O-])c1. The van der Waals surface area contributed by atoms with Crippen molar-refractivity contribution in [2.24, 2.45) is 0 Å². The van der Waals surface area contributed by atoms with Crippen molar-refractivity contribution in [2.45, 2.75) is 13.2 Å². The van der Waals surface area contributed by atoms with Gasteiger partial charge in [-0.05, 0) is 53.2 Å². The normalized spacial score (nSPS) is 14.4. The van der Waals surface area contributed by atoms with Crippen LogP contribution in [0.1, 0.15) is 16.7 Å². The van der Waals surface area contributed by atoms with E-state index in [1.807, 2.05) is 0 Å². The lowest BCUT2D eigenvalue weighted by atomic mass is 10.1. The first-order valence-corrected chi connectivity index (χ1v) is 12.1. The number of hydrogen-bond acceptors (Lipinski definition) is 7. The molecule has 0 spiro atoms. The van der Waals surface area contributed by atoms with Gasteiger partial charge in [0.05, 0.1) is 23.5 Å². The molecule has 3 aromatic carbocycles. The number of nitro benzene ring substituents is 1. The predicted molar refractivity (Wildman–Crippen MR) is 138 cm³/mol.